The molecule has 1 N–H and O–H groups in total. The maximum atomic E-state index is 13.0. The van der Waals surface area contributed by atoms with Gasteiger partial charge in [0.15, 0.2) is 5.76 Å². The van der Waals surface area contributed by atoms with Gasteiger partial charge in [-0.2, -0.15) is 13.2 Å². The molecular formula is C18H18F3N3O3. The van der Waals surface area contributed by atoms with Gasteiger partial charge in [-0.15, -0.1) is 0 Å². The Morgan fingerprint density at radius 3 is 2.30 bits per heavy atom. The van der Waals surface area contributed by atoms with Crippen LogP contribution in [0.2, 0.25) is 0 Å². The summed E-state index contributed by atoms with van der Waals surface area (Å²) in [6.45, 7) is 1.05. The van der Waals surface area contributed by atoms with Crippen molar-refractivity contribution in [2.45, 2.75) is 6.18 Å². The van der Waals surface area contributed by atoms with Gasteiger partial charge in [0, 0.05) is 31.9 Å². The first-order valence-electron chi connectivity index (χ1n) is 8.37. The van der Waals surface area contributed by atoms with Crippen molar-refractivity contribution in [3.05, 3.63) is 54.0 Å². The molecule has 6 nitrogen and oxygen atoms in total. The maximum Gasteiger partial charge on any atom is 0.418 e. The van der Waals surface area contributed by atoms with Crippen molar-refractivity contribution in [1.29, 1.82) is 0 Å². The van der Waals surface area contributed by atoms with Gasteiger partial charge < -0.3 is 19.5 Å². The number of alkyl halides is 3. The van der Waals surface area contributed by atoms with Crippen molar-refractivity contribution in [2.75, 3.05) is 38.0 Å². The van der Waals surface area contributed by atoms with Gasteiger partial charge in [0.1, 0.15) is 0 Å². The van der Waals surface area contributed by atoms with E-state index in [0.717, 1.165) is 6.07 Å². The highest BCUT2D eigenvalue weighted by Gasteiger charge is 2.33. The zero-order chi connectivity index (χ0) is 19.4. The van der Waals surface area contributed by atoms with E-state index in [2.05, 4.69) is 5.32 Å². The number of halogens is 3. The number of amides is 2. The fraction of sp³-hybridized carbons (Fsp3) is 0.333. The standard InChI is InChI=1S/C18H18F3N3O3/c19-18(20,21)13-4-1-2-5-14(13)22-12-16(25)23-7-9-24(10-8-23)17(26)15-6-3-11-27-15/h1-6,11,22H,7-10,12H2. The molecule has 27 heavy (non-hydrogen) atoms. The number of benzene rings is 1. The Kier molecular flexibility index (Phi) is 5.38. The molecule has 0 bridgehead atoms. The number of carbonyl (C=O) groups excluding carboxylic acids is 2. The third-order valence-corrected chi connectivity index (χ3v) is 4.31. The van der Waals surface area contributed by atoms with Crippen LogP contribution in [0.15, 0.2) is 47.1 Å². The number of piperazine rings is 1. The van der Waals surface area contributed by atoms with Crippen LogP contribution in [-0.4, -0.2) is 54.3 Å². The summed E-state index contributed by atoms with van der Waals surface area (Å²) in [6.07, 6.45) is -3.08. The van der Waals surface area contributed by atoms with Gasteiger partial charge in [-0.25, -0.2) is 0 Å². The van der Waals surface area contributed by atoms with Gasteiger partial charge in [0.05, 0.1) is 18.4 Å². The van der Waals surface area contributed by atoms with Crippen LogP contribution in [0.5, 0.6) is 0 Å². The summed E-state index contributed by atoms with van der Waals surface area (Å²) in [7, 11) is 0. The predicted molar refractivity (Wildman–Crippen MR) is 91.1 cm³/mol. The monoisotopic (exact) mass is 381 g/mol. The van der Waals surface area contributed by atoms with Crippen LogP contribution in [0.25, 0.3) is 0 Å². The number of furan rings is 1. The van der Waals surface area contributed by atoms with Crippen LogP contribution in [0.3, 0.4) is 0 Å². The minimum Gasteiger partial charge on any atom is -0.459 e. The number of rotatable bonds is 4. The van der Waals surface area contributed by atoms with E-state index in [9.17, 15) is 22.8 Å². The second-order valence-corrected chi connectivity index (χ2v) is 6.05. The Bertz CT molecular complexity index is 798. The molecule has 2 heterocycles. The number of hydrogen-bond acceptors (Lipinski definition) is 4. The van der Waals surface area contributed by atoms with Crippen molar-refractivity contribution in [2.24, 2.45) is 0 Å². The zero-order valence-electron chi connectivity index (χ0n) is 14.3. The Morgan fingerprint density at radius 1 is 1.00 bits per heavy atom. The van der Waals surface area contributed by atoms with E-state index < -0.39 is 11.7 Å². The molecule has 2 amide bonds. The molecule has 0 aliphatic carbocycles. The predicted octanol–water partition coefficient (Wildman–Crippen LogP) is 2.69. The van der Waals surface area contributed by atoms with Gasteiger partial charge in [-0.1, -0.05) is 12.1 Å². The molecule has 1 aromatic heterocycles. The van der Waals surface area contributed by atoms with E-state index in [1.165, 1.54) is 29.4 Å². The zero-order valence-corrected chi connectivity index (χ0v) is 14.3. The Morgan fingerprint density at radius 2 is 1.67 bits per heavy atom. The van der Waals surface area contributed by atoms with Crippen LogP contribution in [0.4, 0.5) is 18.9 Å². The third kappa shape index (κ3) is 4.42. The van der Waals surface area contributed by atoms with E-state index in [4.69, 9.17) is 4.42 Å². The summed E-state index contributed by atoms with van der Waals surface area (Å²) in [5, 5.41) is 2.57. The Labute approximate surface area is 153 Å². The molecular weight excluding hydrogens is 363 g/mol. The number of para-hydroxylation sites is 1. The maximum absolute atomic E-state index is 13.0. The Hall–Kier alpha value is -2.97. The van der Waals surface area contributed by atoms with Gasteiger partial charge in [0.25, 0.3) is 5.91 Å². The van der Waals surface area contributed by atoms with Crippen molar-refractivity contribution in [3.8, 4) is 0 Å². The second kappa shape index (κ2) is 7.73. The van der Waals surface area contributed by atoms with Crippen LogP contribution in [-0.2, 0) is 11.0 Å². The molecule has 1 aliphatic heterocycles. The largest absolute Gasteiger partial charge is 0.459 e. The highest BCUT2D eigenvalue weighted by molar-refractivity contribution is 5.91. The highest BCUT2D eigenvalue weighted by atomic mass is 19.4. The lowest BCUT2D eigenvalue weighted by molar-refractivity contribution is -0.137. The molecule has 3 rings (SSSR count). The average Bonchev–Trinajstić information content (AvgIpc) is 3.20. The minimum absolute atomic E-state index is 0.134. The lowest BCUT2D eigenvalue weighted by Gasteiger charge is -2.34. The van der Waals surface area contributed by atoms with Crippen LogP contribution >= 0.6 is 0 Å². The molecule has 0 spiro atoms. The highest BCUT2D eigenvalue weighted by Crippen LogP contribution is 2.34. The first-order chi connectivity index (χ1) is 12.9. The number of nitrogens with zero attached hydrogens (tertiary/aromatic N) is 2. The number of carbonyl (C=O) groups is 2. The van der Waals surface area contributed by atoms with Crippen molar-refractivity contribution < 1.29 is 27.2 Å². The second-order valence-electron chi connectivity index (χ2n) is 6.05. The van der Waals surface area contributed by atoms with Gasteiger partial charge in [-0.3, -0.25) is 9.59 Å². The molecule has 9 heteroatoms. The summed E-state index contributed by atoms with van der Waals surface area (Å²) in [5.41, 5.74) is -0.948. The molecule has 0 saturated carbocycles. The van der Waals surface area contributed by atoms with E-state index in [1.54, 1.807) is 17.0 Å². The summed E-state index contributed by atoms with van der Waals surface area (Å²) in [4.78, 5) is 27.6. The SMILES string of the molecule is O=C(CNc1ccccc1C(F)(F)F)N1CCN(C(=O)c2ccco2)CC1. The lowest BCUT2D eigenvalue weighted by Crippen LogP contribution is -2.51. The van der Waals surface area contributed by atoms with Gasteiger partial charge in [0.2, 0.25) is 5.91 Å². The fourth-order valence-electron chi connectivity index (χ4n) is 2.88. The smallest absolute Gasteiger partial charge is 0.418 e. The van der Waals surface area contributed by atoms with E-state index in [1.807, 2.05) is 0 Å². The Balaban J connectivity index is 1.53. The quantitative estimate of drug-likeness (QED) is 0.885. The van der Waals surface area contributed by atoms with Crippen LogP contribution in [0.1, 0.15) is 16.1 Å². The molecule has 1 fully saturated rings. The molecule has 2 aromatic rings. The molecule has 0 radical (unpaired) electrons. The summed E-state index contributed by atoms with van der Waals surface area (Å²) >= 11 is 0. The molecule has 144 valence electrons. The lowest BCUT2D eigenvalue weighted by atomic mass is 10.1. The van der Waals surface area contributed by atoms with Gasteiger partial charge >= 0.3 is 6.18 Å². The van der Waals surface area contributed by atoms with Gasteiger partial charge in [-0.05, 0) is 24.3 Å². The van der Waals surface area contributed by atoms with Crippen molar-refractivity contribution in [3.63, 3.8) is 0 Å². The number of nitrogens with one attached hydrogen (secondary N) is 1. The average molecular weight is 381 g/mol. The summed E-state index contributed by atoms with van der Waals surface area (Å²) in [5.74, 6) is -0.332. The molecule has 1 aromatic carbocycles. The van der Waals surface area contributed by atoms with Crippen LogP contribution < -0.4 is 5.32 Å². The fourth-order valence-corrected chi connectivity index (χ4v) is 2.88. The summed E-state index contributed by atoms with van der Waals surface area (Å²) in [6, 6.07) is 8.22. The summed E-state index contributed by atoms with van der Waals surface area (Å²) < 4.78 is 44.0. The van der Waals surface area contributed by atoms with Crippen molar-refractivity contribution in [1.82, 2.24) is 9.80 Å². The third-order valence-electron chi connectivity index (χ3n) is 4.31. The minimum atomic E-state index is -4.50. The van der Waals surface area contributed by atoms with E-state index >= 15 is 0 Å². The van der Waals surface area contributed by atoms with Crippen LogP contribution in [0, 0.1) is 0 Å². The van der Waals surface area contributed by atoms with Crippen molar-refractivity contribution >= 4 is 17.5 Å². The topological polar surface area (TPSA) is 65.8 Å². The molecule has 1 saturated heterocycles. The molecule has 0 unspecified atom stereocenters. The number of hydrogen-bond donors (Lipinski definition) is 1. The molecule has 1 aliphatic rings. The normalized spacial score (nSPS) is 14.9. The van der Waals surface area contributed by atoms with E-state index in [0.29, 0.717) is 26.2 Å². The first kappa shape index (κ1) is 18.8. The van der Waals surface area contributed by atoms with E-state index in [-0.39, 0.29) is 29.8 Å². The molecule has 0 atom stereocenters. The first-order valence-corrected chi connectivity index (χ1v) is 8.37. The number of anilines is 1.